The van der Waals surface area contributed by atoms with Gasteiger partial charge in [-0.1, -0.05) is 39.8 Å². The zero-order chi connectivity index (χ0) is 15.4. The monoisotopic (exact) mass is 282 g/mol. The van der Waals surface area contributed by atoms with E-state index in [-0.39, 0.29) is 17.9 Å². The number of alkyl carbamates (subject to hydrolysis) is 1. The van der Waals surface area contributed by atoms with E-state index in [1.807, 2.05) is 18.7 Å². The van der Waals surface area contributed by atoms with Crippen molar-refractivity contribution in [1.29, 1.82) is 0 Å². The average Bonchev–Trinajstić information content (AvgIpc) is 2.76. The highest BCUT2D eigenvalue weighted by molar-refractivity contribution is 5.86. The van der Waals surface area contributed by atoms with Crippen molar-refractivity contribution < 1.29 is 14.3 Å². The molecule has 5 heteroatoms. The molecule has 1 N–H and O–H groups in total. The summed E-state index contributed by atoms with van der Waals surface area (Å²) in [5, 5.41) is 2.64. The molecule has 1 heterocycles. The topological polar surface area (TPSA) is 58.6 Å². The number of rotatable bonds is 4. The maximum absolute atomic E-state index is 12.7. The Morgan fingerprint density at radius 1 is 1.35 bits per heavy atom. The second-order valence-electron chi connectivity index (χ2n) is 6.09. The van der Waals surface area contributed by atoms with E-state index in [2.05, 4.69) is 30.5 Å². The van der Waals surface area contributed by atoms with E-state index in [0.29, 0.717) is 12.5 Å². The Balaban J connectivity index is 2.88. The highest BCUT2D eigenvalue weighted by atomic mass is 16.5. The molecule has 114 valence electrons. The van der Waals surface area contributed by atoms with Crippen LogP contribution in [-0.2, 0) is 9.53 Å². The Morgan fingerprint density at radius 3 is 2.40 bits per heavy atom. The molecule has 2 amide bonds. The molecule has 5 nitrogen and oxygen atoms in total. The number of carbonyl (C=O) groups excluding carboxylic acids is 2. The lowest BCUT2D eigenvalue weighted by Gasteiger charge is -2.32. The van der Waals surface area contributed by atoms with Crippen molar-refractivity contribution in [2.75, 3.05) is 13.7 Å². The molecule has 2 atom stereocenters. The van der Waals surface area contributed by atoms with Crippen LogP contribution in [-0.4, -0.2) is 42.6 Å². The van der Waals surface area contributed by atoms with Crippen molar-refractivity contribution >= 4 is 12.0 Å². The molecule has 1 rings (SSSR count). The first-order valence-electron chi connectivity index (χ1n) is 7.09. The van der Waals surface area contributed by atoms with Crippen LogP contribution in [0.1, 0.15) is 34.1 Å². The summed E-state index contributed by atoms with van der Waals surface area (Å²) in [5.74, 6) is 0.315. The van der Waals surface area contributed by atoms with Crippen LogP contribution >= 0.6 is 0 Å². The van der Waals surface area contributed by atoms with Gasteiger partial charge >= 0.3 is 6.09 Å². The SMILES string of the molecule is C=C1CC(C(C)C)N(C(=O)[C@@H](NC(=O)OC)C(C)C)C1. The molecule has 1 aliphatic heterocycles. The van der Waals surface area contributed by atoms with Gasteiger partial charge in [0.15, 0.2) is 0 Å². The molecule has 0 aromatic carbocycles. The molecule has 0 aromatic rings. The maximum atomic E-state index is 12.7. The highest BCUT2D eigenvalue weighted by Gasteiger charge is 2.37. The van der Waals surface area contributed by atoms with Crippen molar-refractivity contribution in [1.82, 2.24) is 10.2 Å². The molecule has 0 bridgehead atoms. The van der Waals surface area contributed by atoms with Crippen LogP contribution in [0.3, 0.4) is 0 Å². The van der Waals surface area contributed by atoms with Crippen LogP contribution in [0.4, 0.5) is 4.79 Å². The summed E-state index contributed by atoms with van der Waals surface area (Å²) in [6.07, 6.45) is 0.267. The first kappa shape index (κ1) is 16.5. The summed E-state index contributed by atoms with van der Waals surface area (Å²) < 4.78 is 4.60. The van der Waals surface area contributed by atoms with E-state index in [9.17, 15) is 9.59 Å². The summed E-state index contributed by atoms with van der Waals surface area (Å²) >= 11 is 0. The number of carbonyl (C=O) groups is 2. The molecular weight excluding hydrogens is 256 g/mol. The van der Waals surface area contributed by atoms with Gasteiger partial charge in [-0.2, -0.15) is 0 Å². The van der Waals surface area contributed by atoms with Crippen LogP contribution in [0.5, 0.6) is 0 Å². The maximum Gasteiger partial charge on any atom is 0.407 e. The lowest BCUT2D eigenvalue weighted by Crippen LogP contribution is -2.53. The van der Waals surface area contributed by atoms with Crippen LogP contribution < -0.4 is 5.32 Å². The first-order chi connectivity index (χ1) is 9.27. The molecule has 0 aromatic heterocycles. The number of nitrogens with zero attached hydrogens (tertiary/aromatic N) is 1. The summed E-state index contributed by atoms with van der Waals surface area (Å²) in [5.41, 5.74) is 1.07. The van der Waals surface area contributed by atoms with Crippen molar-refractivity contribution in [2.24, 2.45) is 11.8 Å². The second kappa shape index (κ2) is 6.77. The third-order valence-corrected chi connectivity index (χ3v) is 3.74. The fourth-order valence-electron chi connectivity index (χ4n) is 2.54. The molecule has 0 radical (unpaired) electrons. The van der Waals surface area contributed by atoms with Gasteiger partial charge in [0.1, 0.15) is 6.04 Å². The van der Waals surface area contributed by atoms with E-state index < -0.39 is 12.1 Å². The molecule has 0 aliphatic carbocycles. The number of ether oxygens (including phenoxy) is 1. The van der Waals surface area contributed by atoms with Crippen molar-refractivity contribution in [2.45, 2.75) is 46.2 Å². The normalized spacial score (nSPS) is 20.4. The minimum atomic E-state index is -0.573. The predicted molar refractivity (Wildman–Crippen MR) is 78.3 cm³/mol. The summed E-state index contributed by atoms with van der Waals surface area (Å²) in [6.45, 7) is 12.6. The number of nitrogens with one attached hydrogen (secondary N) is 1. The Hall–Kier alpha value is -1.52. The van der Waals surface area contributed by atoms with Gasteiger partial charge in [-0.15, -0.1) is 0 Å². The van der Waals surface area contributed by atoms with E-state index in [4.69, 9.17) is 0 Å². The molecule has 1 unspecified atom stereocenters. The molecule has 1 fully saturated rings. The molecule has 0 spiro atoms. The quantitative estimate of drug-likeness (QED) is 0.804. The Morgan fingerprint density at radius 2 is 1.95 bits per heavy atom. The number of likely N-dealkylation sites (tertiary alicyclic amines) is 1. The van der Waals surface area contributed by atoms with Gasteiger partial charge in [-0.3, -0.25) is 4.79 Å². The number of amides is 2. The third kappa shape index (κ3) is 3.74. The summed E-state index contributed by atoms with van der Waals surface area (Å²) in [4.78, 5) is 26.0. The lowest BCUT2D eigenvalue weighted by atomic mass is 9.98. The minimum Gasteiger partial charge on any atom is -0.453 e. The first-order valence-corrected chi connectivity index (χ1v) is 7.09. The Labute approximate surface area is 121 Å². The van der Waals surface area contributed by atoms with Gasteiger partial charge in [-0.25, -0.2) is 4.79 Å². The molecule has 0 saturated carbocycles. The van der Waals surface area contributed by atoms with E-state index in [1.54, 1.807) is 0 Å². The van der Waals surface area contributed by atoms with Gasteiger partial charge in [0, 0.05) is 12.6 Å². The second-order valence-corrected chi connectivity index (χ2v) is 6.09. The van der Waals surface area contributed by atoms with Crippen LogP contribution in [0, 0.1) is 11.8 Å². The largest absolute Gasteiger partial charge is 0.453 e. The number of hydrogen-bond donors (Lipinski definition) is 1. The Kier molecular flexibility index (Phi) is 5.60. The molecule has 1 aliphatic rings. The summed E-state index contributed by atoms with van der Waals surface area (Å²) in [6, 6.07) is -0.398. The molecular formula is C15H26N2O3. The van der Waals surface area contributed by atoms with Crippen molar-refractivity contribution in [3.05, 3.63) is 12.2 Å². The predicted octanol–water partition coefficient (Wildman–Crippen LogP) is 2.18. The van der Waals surface area contributed by atoms with Crippen molar-refractivity contribution in [3.8, 4) is 0 Å². The fraction of sp³-hybridized carbons (Fsp3) is 0.733. The minimum absolute atomic E-state index is 0.00303. The van der Waals surface area contributed by atoms with Gasteiger partial charge in [0.2, 0.25) is 5.91 Å². The van der Waals surface area contributed by atoms with E-state index in [0.717, 1.165) is 12.0 Å². The molecule has 1 saturated heterocycles. The third-order valence-electron chi connectivity index (χ3n) is 3.74. The fourth-order valence-corrected chi connectivity index (χ4v) is 2.54. The van der Waals surface area contributed by atoms with Gasteiger partial charge in [-0.05, 0) is 18.3 Å². The number of methoxy groups -OCH3 is 1. The van der Waals surface area contributed by atoms with Gasteiger partial charge in [0.25, 0.3) is 0 Å². The van der Waals surface area contributed by atoms with Gasteiger partial charge in [0.05, 0.1) is 7.11 Å². The van der Waals surface area contributed by atoms with E-state index in [1.165, 1.54) is 7.11 Å². The lowest BCUT2D eigenvalue weighted by molar-refractivity contribution is -0.135. The van der Waals surface area contributed by atoms with Crippen LogP contribution in [0.2, 0.25) is 0 Å². The zero-order valence-corrected chi connectivity index (χ0v) is 13.1. The van der Waals surface area contributed by atoms with Crippen LogP contribution in [0.25, 0.3) is 0 Å². The smallest absolute Gasteiger partial charge is 0.407 e. The standard InChI is InChI=1S/C15H26N2O3/c1-9(2)12-7-11(5)8-17(12)14(18)13(10(3)4)16-15(19)20-6/h9-10,12-13H,5,7-8H2,1-4,6H3,(H,16,19)/t12?,13-/m0/s1. The van der Waals surface area contributed by atoms with Crippen LogP contribution in [0.15, 0.2) is 12.2 Å². The average molecular weight is 282 g/mol. The van der Waals surface area contributed by atoms with Gasteiger partial charge < -0.3 is 15.0 Å². The van der Waals surface area contributed by atoms with Crippen molar-refractivity contribution in [3.63, 3.8) is 0 Å². The zero-order valence-electron chi connectivity index (χ0n) is 13.1. The Bertz CT molecular complexity index is 391. The number of hydrogen-bond acceptors (Lipinski definition) is 3. The van der Waals surface area contributed by atoms with E-state index >= 15 is 0 Å². The summed E-state index contributed by atoms with van der Waals surface area (Å²) in [7, 11) is 1.30. The molecule has 20 heavy (non-hydrogen) atoms. The highest BCUT2D eigenvalue weighted by Crippen LogP contribution is 2.28.